The second kappa shape index (κ2) is 9.19. The van der Waals surface area contributed by atoms with E-state index in [1.807, 2.05) is 6.07 Å². The van der Waals surface area contributed by atoms with Crippen LogP contribution in [0.2, 0.25) is 0 Å². The summed E-state index contributed by atoms with van der Waals surface area (Å²) < 4.78 is 25.4. The molecule has 162 valence electrons. The van der Waals surface area contributed by atoms with E-state index in [9.17, 15) is 9.18 Å². The lowest BCUT2D eigenvalue weighted by molar-refractivity contribution is -0.114. The van der Waals surface area contributed by atoms with E-state index in [0.29, 0.717) is 34.2 Å². The number of halogens is 1. The van der Waals surface area contributed by atoms with E-state index < -0.39 is 5.91 Å². The maximum atomic E-state index is 14.0. The van der Waals surface area contributed by atoms with Gasteiger partial charge in [-0.1, -0.05) is 24.3 Å². The van der Waals surface area contributed by atoms with Gasteiger partial charge in [0.2, 0.25) is 0 Å². The highest BCUT2D eigenvalue weighted by Gasteiger charge is 2.32. The van der Waals surface area contributed by atoms with E-state index in [1.54, 1.807) is 36.4 Å². The van der Waals surface area contributed by atoms with Crippen LogP contribution in [0, 0.1) is 11.2 Å². The van der Waals surface area contributed by atoms with Crippen molar-refractivity contribution in [3.05, 3.63) is 77.1 Å². The molecular weight excluding hydrogens is 431 g/mol. The van der Waals surface area contributed by atoms with Crippen molar-refractivity contribution in [1.82, 2.24) is 5.01 Å². The van der Waals surface area contributed by atoms with Crippen molar-refractivity contribution in [2.45, 2.75) is 13.0 Å². The first-order valence-electron chi connectivity index (χ1n) is 9.62. The Morgan fingerprint density at radius 3 is 2.84 bits per heavy atom. The highest BCUT2D eigenvalue weighted by molar-refractivity contribution is 8.25. The van der Waals surface area contributed by atoms with Gasteiger partial charge in [0, 0.05) is 11.1 Å². The summed E-state index contributed by atoms with van der Waals surface area (Å²) in [5, 5.41) is 14.1. The van der Waals surface area contributed by atoms with Crippen molar-refractivity contribution in [2.24, 2.45) is 10.1 Å². The number of hydrogen-bond acceptors (Lipinski definition) is 6. The van der Waals surface area contributed by atoms with Gasteiger partial charge in [0.25, 0.3) is 5.91 Å². The number of thioether (sulfide) groups is 1. The molecule has 0 aromatic heterocycles. The fraction of sp³-hybridized carbons (Fsp3) is 0.130. The molecule has 32 heavy (non-hydrogen) atoms. The van der Waals surface area contributed by atoms with E-state index in [4.69, 9.17) is 14.9 Å². The van der Waals surface area contributed by atoms with Gasteiger partial charge in [0.05, 0.1) is 18.2 Å². The monoisotopic (exact) mass is 450 g/mol. The van der Waals surface area contributed by atoms with Crippen molar-refractivity contribution < 1.29 is 18.7 Å². The third kappa shape index (κ3) is 4.19. The Balaban J connectivity index is 1.69. The summed E-state index contributed by atoms with van der Waals surface area (Å²) >= 11 is 1.18. The molecule has 0 saturated carbocycles. The summed E-state index contributed by atoms with van der Waals surface area (Å²) in [6, 6.07) is 9.90. The van der Waals surface area contributed by atoms with Crippen molar-refractivity contribution in [1.29, 1.82) is 5.41 Å². The lowest BCUT2D eigenvalue weighted by Crippen LogP contribution is -2.35. The van der Waals surface area contributed by atoms with Crippen LogP contribution < -0.4 is 9.47 Å². The Morgan fingerprint density at radius 1 is 1.28 bits per heavy atom. The zero-order valence-electron chi connectivity index (χ0n) is 17.2. The van der Waals surface area contributed by atoms with Gasteiger partial charge in [0.1, 0.15) is 12.4 Å². The second-order valence-corrected chi connectivity index (χ2v) is 7.65. The SMILES string of the molecule is C=CCc1cc(/C=C2/C(=N)N3N=CSC3=NC2=O)cc(OC)c1OCc1ccccc1F. The first-order valence-corrected chi connectivity index (χ1v) is 10.5. The van der Waals surface area contributed by atoms with E-state index in [-0.39, 0.29) is 23.8 Å². The predicted octanol–water partition coefficient (Wildman–Crippen LogP) is 4.39. The first-order chi connectivity index (χ1) is 15.5. The van der Waals surface area contributed by atoms with E-state index >= 15 is 0 Å². The average molecular weight is 450 g/mol. The molecule has 2 aliphatic rings. The molecule has 2 aromatic carbocycles. The van der Waals surface area contributed by atoms with Gasteiger partial charge in [-0.3, -0.25) is 10.2 Å². The van der Waals surface area contributed by atoms with Crippen LogP contribution in [0.25, 0.3) is 6.08 Å². The van der Waals surface area contributed by atoms with Gasteiger partial charge in [-0.05, 0) is 48.0 Å². The number of methoxy groups -OCH3 is 1. The molecule has 1 amide bonds. The molecule has 0 bridgehead atoms. The fourth-order valence-electron chi connectivity index (χ4n) is 3.26. The number of fused-ring (bicyclic) bond motifs is 1. The number of allylic oxidation sites excluding steroid dienone is 1. The predicted molar refractivity (Wildman–Crippen MR) is 124 cm³/mol. The third-order valence-electron chi connectivity index (χ3n) is 4.78. The fourth-order valence-corrected chi connectivity index (χ4v) is 3.87. The number of amides is 1. The number of carbonyl (C=O) groups excluding carboxylic acids is 1. The molecule has 0 spiro atoms. The maximum Gasteiger partial charge on any atom is 0.283 e. The third-order valence-corrected chi connectivity index (χ3v) is 5.45. The highest BCUT2D eigenvalue weighted by Crippen LogP contribution is 2.35. The quantitative estimate of drug-likeness (QED) is 0.499. The number of hydrogen-bond donors (Lipinski definition) is 1. The zero-order valence-corrected chi connectivity index (χ0v) is 18.0. The molecule has 0 radical (unpaired) electrons. The van der Waals surface area contributed by atoms with Gasteiger partial charge in [0.15, 0.2) is 22.5 Å². The summed E-state index contributed by atoms with van der Waals surface area (Å²) in [7, 11) is 1.50. The maximum absolute atomic E-state index is 14.0. The molecule has 0 saturated heterocycles. The van der Waals surface area contributed by atoms with Crippen LogP contribution in [-0.4, -0.2) is 34.6 Å². The molecule has 9 heteroatoms. The van der Waals surface area contributed by atoms with E-state index in [1.165, 1.54) is 35.5 Å². The Kier molecular flexibility index (Phi) is 6.18. The van der Waals surface area contributed by atoms with E-state index in [2.05, 4.69) is 16.7 Å². The lowest BCUT2D eigenvalue weighted by Gasteiger charge is -2.21. The van der Waals surface area contributed by atoms with Gasteiger partial charge in [-0.25, -0.2) is 4.39 Å². The molecule has 2 aliphatic heterocycles. The largest absolute Gasteiger partial charge is 0.493 e. The molecule has 0 aliphatic carbocycles. The standard InChI is InChI=1S/C23H19FN4O3S/c1-3-6-15-9-14(10-17-21(25)28-23(27-22(17)29)32-13-26-28)11-19(30-2)20(15)31-12-16-7-4-5-8-18(16)24/h3-5,7-11,13,25H,1,6,12H2,2H3/b17-10-,25-21?. The van der Waals surface area contributed by atoms with Crippen molar-refractivity contribution in [3.63, 3.8) is 0 Å². The molecule has 2 heterocycles. The van der Waals surface area contributed by atoms with Crippen LogP contribution in [0.15, 0.2) is 64.7 Å². The number of benzene rings is 2. The Bertz CT molecular complexity index is 1210. The molecule has 0 atom stereocenters. The van der Waals surface area contributed by atoms with Crippen LogP contribution in [0.5, 0.6) is 11.5 Å². The lowest BCUT2D eigenvalue weighted by atomic mass is 10.0. The number of carbonyl (C=O) groups is 1. The topological polar surface area (TPSA) is 87.3 Å². The Hall–Kier alpha value is -3.72. The number of nitrogens with one attached hydrogen (secondary N) is 1. The molecule has 0 fully saturated rings. The van der Waals surface area contributed by atoms with Crippen LogP contribution in [0.1, 0.15) is 16.7 Å². The smallest absolute Gasteiger partial charge is 0.283 e. The van der Waals surface area contributed by atoms with Crippen LogP contribution in [0.3, 0.4) is 0 Å². The summed E-state index contributed by atoms with van der Waals surface area (Å²) in [6.45, 7) is 3.81. The van der Waals surface area contributed by atoms with Crippen molar-refractivity contribution in [2.75, 3.05) is 7.11 Å². The van der Waals surface area contributed by atoms with E-state index in [0.717, 1.165) is 5.56 Å². The van der Waals surface area contributed by atoms with Crippen molar-refractivity contribution >= 4 is 40.3 Å². The molecule has 1 N–H and O–H groups in total. The molecular formula is C23H19FN4O3S. The zero-order chi connectivity index (χ0) is 22.7. The molecule has 7 nitrogen and oxygen atoms in total. The van der Waals surface area contributed by atoms with Crippen LogP contribution >= 0.6 is 11.8 Å². The minimum atomic E-state index is -0.511. The van der Waals surface area contributed by atoms with Crippen LogP contribution in [0.4, 0.5) is 4.39 Å². The number of hydrazone groups is 1. The first kappa shape index (κ1) is 21.5. The van der Waals surface area contributed by atoms with Gasteiger partial charge in [-0.15, -0.1) is 6.58 Å². The minimum absolute atomic E-state index is 0.0267. The number of amidine groups is 2. The summed E-state index contributed by atoms with van der Waals surface area (Å²) in [5.74, 6) is -0.0335. The Labute approximate surface area is 188 Å². The number of nitrogens with zero attached hydrogens (tertiary/aromatic N) is 3. The normalized spacial score (nSPS) is 16.2. The molecule has 4 rings (SSSR count). The average Bonchev–Trinajstić information content (AvgIpc) is 3.25. The summed E-state index contributed by atoms with van der Waals surface area (Å²) in [5.41, 5.74) is 3.43. The Morgan fingerprint density at radius 2 is 2.09 bits per heavy atom. The highest BCUT2D eigenvalue weighted by atomic mass is 32.2. The summed E-state index contributed by atoms with van der Waals surface area (Å²) in [6.07, 6.45) is 3.74. The van der Waals surface area contributed by atoms with Gasteiger partial charge < -0.3 is 9.47 Å². The van der Waals surface area contributed by atoms with Crippen LogP contribution in [-0.2, 0) is 17.8 Å². The number of ether oxygens (including phenoxy) is 2. The number of aliphatic imine (C=N–C) groups is 1. The second-order valence-electron chi connectivity index (χ2n) is 6.84. The number of rotatable bonds is 7. The summed E-state index contributed by atoms with van der Waals surface area (Å²) in [4.78, 5) is 16.5. The molecule has 0 unspecified atom stereocenters. The van der Waals surface area contributed by atoms with Gasteiger partial charge in [-0.2, -0.15) is 15.1 Å². The van der Waals surface area contributed by atoms with Crippen molar-refractivity contribution in [3.8, 4) is 11.5 Å². The van der Waals surface area contributed by atoms with Gasteiger partial charge >= 0.3 is 0 Å². The minimum Gasteiger partial charge on any atom is -0.493 e. The molecule has 2 aromatic rings.